The summed E-state index contributed by atoms with van der Waals surface area (Å²) < 4.78 is 13.5. The zero-order chi connectivity index (χ0) is 15.1. The molecule has 22 heavy (non-hydrogen) atoms. The Hall–Kier alpha value is -1.17. The van der Waals surface area contributed by atoms with E-state index in [1.54, 1.807) is 18.2 Å². The van der Waals surface area contributed by atoms with Crippen molar-refractivity contribution < 1.29 is 9.18 Å². The summed E-state index contributed by atoms with van der Waals surface area (Å²) in [5.41, 5.74) is 0.254. The van der Waals surface area contributed by atoms with Crippen LogP contribution in [0.4, 0.5) is 10.1 Å². The van der Waals surface area contributed by atoms with E-state index in [9.17, 15) is 9.18 Å². The lowest BCUT2D eigenvalue weighted by Crippen LogP contribution is -2.41. The molecular weight excluding hydrogens is 305 g/mol. The summed E-state index contributed by atoms with van der Waals surface area (Å²) in [5, 5.41) is 6.01. The number of nitrogens with zero attached hydrogens (tertiary/aromatic N) is 1. The molecule has 6 heteroatoms. The number of nitrogens with one attached hydrogen (secondary N) is 2. The minimum atomic E-state index is -0.393. The summed E-state index contributed by atoms with van der Waals surface area (Å²) in [6.07, 6.45) is 2.22. The summed E-state index contributed by atoms with van der Waals surface area (Å²) >= 11 is 0. The maximum Gasteiger partial charge on any atom is 0.238 e. The number of benzene rings is 1. The Morgan fingerprint density at radius 2 is 2.00 bits per heavy atom. The molecule has 0 unspecified atom stereocenters. The van der Waals surface area contributed by atoms with Gasteiger partial charge < -0.3 is 10.6 Å². The molecular formula is C16H25ClFN3O. The maximum atomic E-state index is 13.5. The number of piperidine rings is 1. The lowest BCUT2D eigenvalue weighted by Gasteiger charge is -2.31. The Morgan fingerprint density at radius 3 is 2.64 bits per heavy atom. The molecule has 4 nitrogen and oxygen atoms in total. The Bertz CT molecular complexity index is 464. The number of likely N-dealkylation sites (tertiary alicyclic amines) is 1. The molecule has 0 spiro atoms. The molecule has 1 aromatic rings. The highest BCUT2D eigenvalue weighted by Crippen LogP contribution is 2.17. The molecule has 1 aromatic carbocycles. The number of halogens is 2. The molecule has 1 fully saturated rings. The summed E-state index contributed by atoms with van der Waals surface area (Å²) in [6.45, 7) is 6.38. The van der Waals surface area contributed by atoms with Gasteiger partial charge in [0.25, 0.3) is 0 Å². The Balaban J connectivity index is 0.00000242. The summed E-state index contributed by atoms with van der Waals surface area (Å²) in [4.78, 5) is 14.1. The number of para-hydroxylation sites is 1. The fraction of sp³-hybridized carbons (Fsp3) is 0.562. The standard InChI is InChI=1S/C16H24FN3O.ClH/c1-2-18-11-13-7-9-20(10-8-13)12-16(21)19-15-6-4-3-5-14(15)17;/h3-6,13,18H,2,7-12H2,1H3,(H,19,21);1H. The first kappa shape index (κ1) is 18.9. The van der Waals surface area contributed by atoms with Gasteiger partial charge in [0.1, 0.15) is 5.82 Å². The minimum absolute atomic E-state index is 0. The topological polar surface area (TPSA) is 44.4 Å². The van der Waals surface area contributed by atoms with Crippen LogP contribution in [0.2, 0.25) is 0 Å². The van der Waals surface area contributed by atoms with Gasteiger partial charge in [0.15, 0.2) is 0 Å². The zero-order valence-electron chi connectivity index (χ0n) is 13.0. The SMILES string of the molecule is CCNCC1CCN(CC(=O)Nc2ccccc2F)CC1.Cl. The van der Waals surface area contributed by atoms with E-state index in [0.717, 1.165) is 39.0 Å². The summed E-state index contributed by atoms with van der Waals surface area (Å²) in [7, 11) is 0. The van der Waals surface area contributed by atoms with Gasteiger partial charge in [-0.25, -0.2) is 4.39 Å². The van der Waals surface area contributed by atoms with Gasteiger partial charge in [-0.05, 0) is 57.1 Å². The van der Waals surface area contributed by atoms with Crippen LogP contribution in [0.3, 0.4) is 0 Å². The quantitative estimate of drug-likeness (QED) is 0.843. The number of carbonyl (C=O) groups excluding carboxylic acids is 1. The van der Waals surface area contributed by atoms with Crippen molar-refractivity contribution in [3.63, 3.8) is 0 Å². The molecule has 2 rings (SSSR count). The number of carbonyl (C=O) groups is 1. The Kier molecular flexibility index (Phi) is 8.38. The molecule has 0 bridgehead atoms. The highest BCUT2D eigenvalue weighted by molar-refractivity contribution is 5.92. The third-order valence-corrected chi connectivity index (χ3v) is 3.91. The molecule has 1 amide bonds. The van der Waals surface area contributed by atoms with Gasteiger partial charge in [0.2, 0.25) is 5.91 Å². The van der Waals surface area contributed by atoms with E-state index in [1.807, 2.05) is 0 Å². The molecule has 124 valence electrons. The highest BCUT2D eigenvalue weighted by atomic mass is 35.5. The van der Waals surface area contributed by atoms with Gasteiger partial charge in [-0.1, -0.05) is 19.1 Å². The second-order valence-corrected chi connectivity index (χ2v) is 5.56. The van der Waals surface area contributed by atoms with Gasteiger partial charge in [-0.15, -0.1) is 12.4 Å². The van der Waals surface area contributed by atoms with E-state index in [0.29, 0.717) is 12.5 Å². The molecule has 0 aromatic heterocycles. The molecule has 0 radical (unpaired) electrons. The van der Waals surface area contributed by atoms with Crippen molar-refractivity contribution in [1.82, 2.24) is 10.2 Å². The van der Waals surface area contributed by atoms with Crippen molar-refractivity contribution in [3.8, 4) is 0 Å². The van der Waals surface area contributed by atoms with Crippen LogP contribution in [-0.2, 0) is 4.79 Å². The lowest BCUT2D eigenvalue weighted by molar-refractivity contribution is -0.117. The molecule has 1 saturated heterocycles. The molecule has 2 N–H and O–H groups in total. The Morgan fingerprint density at radius 1 is 1.32 bits per heavy atom. The third kappa shape index (κ3) is 5.91. The Labute approximate surface area is 137 Å². The third-order valence-electron chi connectivity index (χ3n) is 3.91. The van der Waals surface area contributed by atoms with Gasteiger partial charge in [-0.2, -0.15) is 0 Å². The van der Waals surface area contributed by atoms with Crippen LogP contribution in [0.5, 0.6) is 0 Å². The fourth-order valence-electron chi connectivity index (χ4n) is 2.65. The number of anilines is 1. The van der Waals surface area contributed by atoms with Crippen molar-refractivity contribution in [2.75, 3.05) is 38.0 Å². The van der Waals surface area contributed by atoms with Crippen LogP contribution in [0.1, 0.15) is 19.8 Å². The average molecular weight is 330 g/mol. The van der Waals surface area contributed by atoms with Crippen LogP contribution in [0, 0.1) is 11.7 Å². The first-order valence-corrected chi connectivity index (χ1v) is 7.66. The first-order chi connectivity index (χ1) is 10.2. The average Bonchev–Trinajstić information content (AvgIpc) is 2.49. The molecule has 0 aliphatic carbocycles. The molecule has 0 atom stereocenters. The normalized spacial score (nSPS) is 16.1. The van der Waals surface area contributed by atoms with E-state index >= 15 is 0 Å². The number of amides is 1. The van der Waals surface area contributed by atoms with E-state index in [4.69, 9.17) is 0 Å². The predicted molar refractivity (Wildman–Crippen MR) is 90.0 cm³/mol. The van der Waals surface area contributed by atoms with Gasteiger partial charge in [-0.3, -0.25) is 9.69 Å². The molecule has 1 aliphatic rings. The van der Waals surface area contributed by atoms with E-state index < -0.39 is 5.82 Å². The van der Waals surface area contributed by atoms with E-state index in [-0.39, 0.29) is 24.0 Å². The summed E-state index contributed by atoms with van der Waals surface area (Å²) in [6, 6.07) is 6.25. The maximum absolute atomic E-state index is 13.5. The smallest absolute Gasteiger partial charge is 0.238 e. The van der Waals surface area contributed by atoms with Gasteiger partial charge >= 0.3 is 0 Å². The second kappa shape index (κ2) is 9.77. The van der Waals surface area contributed by atoms with Gasteiger partial charge in [0, 0.05) is 0 Å². The molecule has 1 aliphatic heterocycles. The van der Waals surface area contributed by atoms with Crippen LogP contribution in [-0.4, -0.2) is 43.5 Å². The van der Waals surface area contributed by atoms with Crippen molar-refractivity contribution in [2.45, 2.75) is 19.8 Å². The van der Waals surface area contributed by atoms with Crippen LogP contribution in [0.15, 0.2) is 24.3 Å². The number of hydrogen-bond acceptors (Lipinski definition) is 3. The predicted octanol–water partition coefficient (Wildman–Crippen LogP) is 2.51. The van der Waals surface area contributed by atoms with Crippen LogP contribution < -0.4 is 10.6 Å². The lowest BCUT2D eigenvalue weighted by atomic mass is 9.97. The first-order valence-electron chi connectivity index (χ1n) is 7.66. The fourth-order valence-corrected chi connectivity index (χ4v) is 2.65. The summed E-state index contributed by atoms with van der Waals surface area (Å²) in [5.74, 6) is 0.163. The van der Waals surface area contributed by atoms with E-state index in [1.165, 1.54) is 6.07 Å². The van der Waals surface area contributed by atoms with E-state index in [2.05, 4.69) is 22.5 Å². The monoisotopic (exact) mass is 329 g/mol. The largest absolute Gasteiger partial charge is 0.322 e. The minimum Gasteiger partial charge on any atom is -0.322 e. The van der Waals surface area contributed by atoms with Crippen molar-refractivity contribution in [3.05, 3.63) is 30.1 Å². The second-order valence-electron chi connectivity index (χ2n) is 5.56. The van der Waals surface area contributed by atoms with Crippen LogP contribution in [0.25, 0.3) is 0 Å². The van der Waals surface area contributed by atoms with Crippen molar-refractivity contribution >= 4 is 24.0 Å². The molecule has 0 saturated carbocycles. The van der Waals surface area contributed by atoms with Crippen molar-refractivity contribution in [1.29, 1.82) is 0 Å². The number of rotatable bonds is 6. The van der Waals surface area contributed by atoms with Crippen LogP contribution >= 0.6 is 12.4 Å². The zero-order valence-corrected chi connectivity index (χ0v) is 13.8. The number of hydrogen-bond donors (Lipinski definition) is 2. The van der Waals surface area contributed by atoms with Gasteiger partial charge in [0.05, 0.1) is 12.2 Å². The molecule has 1 heterocycles. The highest BCUT2D eigenvalue weighted by Gasteiger charge is 2.20. The van der Waals surface area contributed by atoms with Crippen molar-refractivity contribution in [2.24, 2.45) is 5.92 Å².